The van der Waals surface area contributed by atoms with E-state index in [2.05, 4.69) is 34.6 Å². The Morgan fingerprint density at radius 3 is 2.71 bits per heavy atom. The third kappa shape index (κ3) is 2.97. The maximum atomic E-state index is 10.9. The summed E-state index contributed by atoms with van der Waals surface area (Å²) in [5.74, 6) is -0.0340. The van der Waals surface area contributed by atoms with Crippen molar-refractivity contribution in [1.82, 2.24) is 5.32 Å². The molecular formula is C13H19N3O. The molecule has 0 aliphatic carbocycles. The van der Waals surface area contributed by atoms with Crippen LogP contribution in [0, 0.1) is 0 Å². The molecule has 1 amide bonds. The molecule has 92 valence electrons. The molecule has 0 spiro atoms. The van der Waals surface area contributed by atoms with Gasteiger partial charge in [-0.15, -0.1) is 0 Å². The molecule has 1 heterocycles. The average Bonchev–Trinajstić information content (AvgIpc) is 2.30. The molecular weight excluding hydrogens is 214 g/mol. The number of hydrogen-bond donors (Lipinski definition) is 2. The highest BCUT2D eigenvalue weighted by molar-refractivity contribution is 5.88. The molecule has 2 N–H and O–H groups in total. The van der Waals surface area contributed by atoms with Crippen LogP contribution in [0.4, 0.5) is 11.4 Å². The number of rotatable bonds is 2. The van der Waals surface area contributed by atoms with Crippen molar-refractivity contribution in [3.8, 4) is 0 Å². The summed E-state index contributed by atoms with van der Waals surface area (Å²) in [7, 11) is 0. The molecule has 1 aliphatic heterocycles. The standard InChI is InChI=1S/C13H19N3O/c1-10-9-14-7-8-16(10)13-5-3-12(4-6-13)15-11(2)17/h3-6,10,14H,7-9H2,1-2H3,(H,15,17). The van der Waals surface area contributed by atoms with Crippen molar-refractivity contribution >= 4 is 17.3 Å². The summed E-state index contributed by atoms with van der Waals surface area (Å²) in [5.41, 5.74) is 2.07. The van der Waals surface area contributed by atoms with Gasteiger partial charge in [0.2, 0.25) is 5.91 Å². The summed E-state index contributed by atoms with van der Waals surface area (Å²) < 4.78 is 0. The molecule has 1 aromatic rings. The van der Waals surface area contributed by atoms with Crippen LogP contribution in [-0.2, 0) is 4.79 Å². The summed E-state index contributed by atoms with van der Waals surface area (Å²) in [4.78, 5) is 13.3. The summed E-state index contributed by atoms with van der Waals surface area (Å²) in [6.07, 6.45) is 0. The zero-order valence-electron chi connectivity index (χ0n) is 10.4. The van der Waals surface area contributed by atoms with Gasteiger partial charge >= 0.3 is 0 Å². The maximum absolute atomic E-state index is 10.9. The van der Waals surface area contributed by atoms with Crippen molar-refractivity contribution in [2.45, 2.75) is 19.9 Å². The molecule has 0 bridgehead atoms. The Hall–Kier alpha value is -1.55. The van der Waals surface area contributed by atoms with Gasteiger partial charge in [-0.1, -0.05) is 0 Å². The molecule has 1 aliphatic rings. The number of nitrogens with one attached hydrogen (secondary N) is 2. The van der Waals surface area contributed by atoms with Gasteiger partial charge in [0.25, 0.3) is 0 Å². The largest absolute Gasteiger partial charge is 0.366 e. The molecule has 0 aromatic heterocycles. The van der Waals surface area contributed by atoms with E-state index in [1.54, 1.807) is 0 Å². The molecule has 1 unspecified atom stereocenters. The Bertz CT molecular complexity index is 388. The second-order valence-corrected chi connectivity index (χ2v) is 4.47. The molecule has 1 aromatic carbocycles. The molecule has 4 heteroatoms. The molecule has 2 rings (SSSR count). The number of nitrogens with zero attached hydrogens (tertiary/aromatic N) is 1. The maximum Gasteiger partial charge on any atom is 0.221 e. The van der Waals surface area contributed by atoms with E-state index in [-0.39, 0.29) is 5.91 Å². The van der Waals surface area contributed by atoms with E-state index in [0.29, 0.717) is 6.04 Å². The highest BCUT2D eigenvalue weighted by atomic mass is 16.1. The van der Waals surface area contributed by atoms with Crippen molar-refractivity contribution in [3.05, 3.63) is 24.3 Å². The minimum absolute atomic E-state index is 0.0340. The lowest BCUT2D eigenvalue weighted by atomic mass is 10.1. The first-order valence-corrected chi connectivity index (χ1v) is 6.02. The van der Waals surface area contributed by atoms with E-state index in [1.165, 1.54) is 12.6 Å². The second kappa shape index (κ2) is 5.19. The van der Waals surface area contributed by atoms with Crippen molar-refractivity contribution in [2.75, 3.05) is 29.9 Å². The molecule has 17 heavy (non-hydrogen) atoms. The Labute approximate surface area is 102 Å². The Balaban J connectivity index is 2.08. The first-order valence-electron chi connectivity index (χ1n) is 6.02. The van der Waals surface area contributed by atoms with Crippen LogP contribution in [0.3, 0.4) is 0 Å². The van der Waals surface area contributed by atoms with Gasteiger partial charge in [0.15, 0.2) is 0 Å². The number of anilines is 2. The SMILES string of the molecule is CC(=O)Nc1ccc(N2CCNCC2C)cc1. The minimum atomic E-state index is -0.0340. The fraction of sp³-hybridized carbons (Fsp3) is 0.462. The van der Waals surface area contributed by atoms with Crippen LogP contribution >= 0.6 is 0 Å². The van der Waals surface area contributed by atoms with Crippen molar-refractivity contribution in [2.24, 2.45) is 0 Å². The smallest absolute Gasteiger partial charge is 0.221 e. The van der Waals surface area contributed by atoms with Crippen LogP contribution in [0.15, 0.2) is 24.3 Å². The van der Waals surface area contributed by atoms with Crippen LogP contribution in [0.1, 0.15) is 13.8 Å². The number of benzene rings is 1. The predicted octanol–water partition coefficient (Wildman–Crippen LogP) is 1.44. The molecule has 1 fully saturated rings. The second-order valence-electron chi connectivity index (χ2n) is 4.47. The molecule has 0 saturated carbocycles. The van der Waals surface area contributed by atoms with Gasteiger partial charge < -0.3 is 15.5 Å². The summed E-state index contributed by atoms with van der Waals surface area (Å²) in [6.45, 7) is 6.81. The van der Waals surface area contributed by atoms with E-state index in [4.69, 9.17) is 0 Å². The van der Waals surface area contributed by atoms with Crippen molar-refractivity contribution < 1.29 is 4.79 Å². The summed E-state index contributed by atoms with van der Waals surface area (Å²) in [6, 6.07) is 8.53. The fourth-order valence-corrected chi connectivity index (χ4v) is 2.16. The zero-order valence-corrected chi connectivity index (χ0v) is 10.4. The molecule has 4 nitrogen and oxygen atoms in total. The minimum Gasteiger partial charge on any atom is -0.366 e. The Morgan fingerprint density at radius 2 is 2.12 bits per heavy atom. The predicted molar refractivity (Wildman–Crippen MR) is 70.4 cm³/mol. The lowest BCUT2D eigenvalue weighted by molar-refractivity contribution is -0.114. The van der Waals surface area contributed by atoms with Gasteiger partial charge in [0, 0.05) is 44.0 Å². The summed E-state index contributed by atoms with van der Waals surface area (Å²) >= 11 is 0. The summed E-state index contributed by atoms with van der Waals surface area (Å²) in [5, 5.41) is 6.15. The van der Waals surface area contributed by atoms with E-state index in [9.17, 15) is 4.79 Å². The molecule has 1 atom stereocenters. The number of piperazine rings is 1. The topological polar surface area (TPSA) is 44.4 Å². The lowest BCUT2D eigenvalue weighted by Crippen LogP contribution is -2.49. The van der Waals surface area contributed by atoms with Crippen LogP contribution in [0.5, 0.6) is 0 Å². The van der Waals surface area contributed by atoms with Crippen LogP contribution in [0.25, 0.3) is 0 Å². The first kappa shape index (κ1) is 11.9. The van der Waals surface area contributed by atoms with E-state index in [0.717, 1.165) is 25.3 Å². The normalized spacial score (nSPS) is 20.1. The third-order valence-electron chi connectivity index (χ3n) is 3.02. The average molecular weight is 233 g/mol. The highest BCUT2D eigenvalue weighted by Gasteiger charge is 2.17. The first-order chi connectivity index (χ1) is 8.16. The van der Waals surface area contributed by atoms with Crippen molar-refractivity contribution in [1.29, 1.82) is 0 Å². The van der Waals surface area contributed by atoms with Gasteiger partial charge in [-0.25, -0.2) is 0 Å². The monoisotopic (exact) mass is 233 g/mol. The van der Waals surface area contributed by atoms with E-state index in [1.807, 2.05) is 12.1 Å². The Morgan fingerprint density at radius 1 is 1.41 bits per heavy atom. The number of carbonyl (C=O) groups excluding carboxylic acids is 1. The lowest BCUT2D eigenvalue weighted by Gasteiger charge is -2.36. The number of hydrogen-bond acceptors (Lipinski definition) is 3. The molecule has 0 radical (unpaired) electrons. The zero-order chi connectivity index (χ0) is 12.3. The third-order valence-corrected chi connectivity index (χ3v) is 3.02. The van der Waals surface area contributed by atoms with E-state index >= 15 is 0 Å². The van der Waals surface area contributed by atoms with Gasteiger partial charge in [-0.2, -0.15) is 0 Å². The van der Waals surface area contributed by atoms with E-state index < -0.39 is 0 Å². The fourth-order valence-electron chi connectivity index (χ4n) is 2.16. The van der Waals surface area contributed by atoms with Crippen LogP contribution in [-0.4, -0.2) is 31.6 Å². The van der Waals surface area contributed by atoms with Crippen LogP contribution < -0.4 is 15.5 Å². The van der Waals surface area contributed by atoms with Gasteiger partial charge in [0.1, 0.15) is 0 Å². The number of amides is 1. The van der Waals surface area contributed by atoms with Gasteiger partial charge in [-0.3, -0.25) is 4.79 Å². The number of carbonyl (C=O) groups is 1. The molecule has 1 saturated heterocycles. The van der Waals surface area contributed by atoms with Crippen LogP contribution in [0.2, 0.25) is 0 Å². The van der Waals surface area contributed by atoms with Crippen molar-refractivity contribution in [3.63, 3.8) is 0 Å². The van der Waals surface area contributed by atoms with Gasteiger partial charge in [0.05, 0.1) is 0 Å². The van der Waals surface area contributed by atoms with Gasteiger partial charge in [-0.05, 0) is 31.2 Å². The quantitative estimate of drug-likeness (QED) is 0.812. The Kier molecular flexibility index (Phi) is 3.64. The highest BCUT2D eigenvalue weighted by Crippen LogP contribution is 2.20.